The van der Waals surface area contributed by atoms with Crippen molar-refractivity contribution in [3.05, 3.63) is 56.4 Å². The van der Waals surface area contributed by atoms with Crippen LogP contribution in [0.1, 0.15) is 44.6 Å². The molecule has 1 N–H and O–H groups in total. The summed E-state index contributed by atoms with van der Waals surface area (Å²) in [6.07, 6.45) is 2.52. The summed E-state index contributed by atoms with van der Waals surface area (Å²) in [6, 6.07) is 2.36. The molecule has 2 aromatic rings. The average molecular weight is 387 g/mol. The lowest BCUT2D eigenvalue weighted by Crippen LogP contribution is -2.07. The van der Waals surface area contributed by atoms with Gasteiger partial charge in [-0.05, 0) is 44.0 Å². The molecule has 0 amide bonds. The van der Waals surface area contributed by atoms with Crippen molar-refractivity contribution in [2.24, 2.45) is 0 Å². The number of benzene rings is 1. The minimum Gasteiger partial charge on any atom is -0.865 e. The van der Waals surface area contributed by atoms with Crippen LogP contribution in [0.5, 0.6) is 11.5 Å². The van der Waals surface area contributed by atoms with Gasteiger partial charge in [-0.3, -0.25) is 14.9 Å². The Bertz CT molecular complexity index is 973. The molecule has 1 heterocycles. The third-order valence-corrected chi connectivity index (χ3v) is 4.06. The highest BCUT2D eigenvalue weighted by molar-refractivity contribution is 6.09. The summed E-state index contributed by atoms with van der Waals surface area (Å²) in [5.74, 6) is -2.00. The van der Waals surface area contributed by atoms with Gasteiger partial charge in [-0.1, -0.05) is 6.08 Å². The van der Waals surface area contributed by atoms with Gasteiger partial charge >= 0.3 is 5.97 Å². The molecule has 1 aromatic heterocycles. The summed E-state index contributed by atoms with van der Waals surface area (Å²) in [4.78, 5) is 37.6. The second-order valence-electron chi connectivity index (χ2n) is 5.87. The molecule has 0 unspecified atom stereocenters. The number of nitro groups is 1. The summed E-state index contributed by atoms with van der Waals surface area (Å²) in [5.41, 5.74) is 1.06. The van der Waals surface area contributed by atoms with E-state index < -0.39 is 28.1 Å². The van der Waals surface area contributed by atoms with E-state index in [-0.39, 0.29) is 23.6 Å². The van der Waals surface area contributed by atoms with E-state index in [4.69, 9.17) is 9.47 Å². The van der Waals surface area contributed by atoms with E-state index in [0.29, 0.717) is 16.8 Å². The third-order valence-electron chi connectivity index (χ3n) is 4.06. The quantitative estimate of drug-likeness (QED) is 0.254. The summed E-state index contributed by atoms with van der Waals surface area (Å²) in [6.45, 7) is 5.17. The van der Waals surface area contributed by atoms with Crippen LogP contribution in [0, 0.1) is 24.0 Å². The molecule has 0 aliphatic carbocycles. The van der Waals surface area contributed by atoms with Crippen molar-refractivity contribution in [3.63, 3.8) is 0 Å². The Kier molecular flexibility index (Phi) is 6.19. The van der Waals surface area contributed by atoms with E-state index >= 15 is 0 Å². The largest absolute Gasteiger partial charge is 0.865 e. The molecule has 0 saturated heterocycles. The molecule has 9 nitrogen and oxygen atoms in total. The lowest BCUT2D eigenvalue weighted by Gasteiger charge is -2.13. The molecule has 0 aliphatic rings. The number of nitrogens with one attached hydrogen (secondary N) is 1. The number of aromatic nitrogens is 1. The Balaban J connectivity index is 2.37. The van der Waals surface area contributed by atoms with E-state index in [9.17, 15) is 24.8 Å². The number of aryl methyl sites for hydroxylation is 1. The number of rotatable bonds is 7. The van der Waals surface area contributed by atoms with Crippen molar-refractivity contribution in [3.8, 4) is 11.5 Å². The number of hydrogen-bond acceptors (Lipinski definition) is 7. The number of carbonyl (C=O) groups is 2. The van der Waals surface area contributed by atoms with Gasteiger partial charge in [0.1, 0.15) is 5.75 Å². The number of ketones is 1. The van der Waals surface area contributed by atoms with Gasteiger partial charge in [-0.2, -0.15) is 0 Å². The molecule has 148 valence electrons. The van der Waals surface area contributed by atoms with Crippen molar-refractivity contribution in [2.45, 2.75) is 20.8 Å². The lowest BCUT2D eigenvalue weighted by atomic mass is 10.1. The van der Waals surface area contributed by atoms with E-state index in [1.807, 2.05) is 0 Å². The number of methoxy groups -OCH3 is 1. The Labute approximate surface area is 160 Å². The Hall–Kier alpha value is -3.62. The fourth-order valence-electron chi connectivity index (χ4n) is 2.75. The highest BCUT2D eigenvalue weighted by Crippen LogP contribution is 2.35. The molecule has 9 heteroatoms. The Morgan fingerprint density at radius 2 is 1.96 bits per heavy atom. The van der Waals surface area contributed by atoms with E-state index in [2.05, 4.69) is 4.98 Å². The van der Waals surface area contributed by atoms with Crippen LogP contribution in [0.15, 0.2) is 18.2 Å². The molecule has 28 heavy (non-hydrogen) atoms. The smallest absolute Gasteiger partial charge is 0.340 e. The SMILES string of the molecule is CCOC(=O)c1c(C)[nH]c(C(=O)/C=C/c2cc(OC)c([O-])c([N+](=O)[O-])c2)c1C. The molecule has 0 spiro atoms. The van der Waals surface area contributed by atoms with Crippen LogP contribution in [0.25, 0.3) is 6.08 Å². The molecule has 0 atom stereocenters. The number of allylic oxidation sites excluding steroid dienone is 1. The number of hydrogen-bond donors (Lipinski definition) is 1. The summed E-state index contributed by atoms with van der Waals surface area (Å²) in [5, 5.41) is 22.9. The van der Waals surface area contributed by atoms with Gasteiger partial charge in [-0.15, -0.1) is 0 Å². The van der Waals surface area contributed by atoms with Crippen molar-refractivity contribution in [1.82, 2.24) is 4.98 Å². The van der Waals surface area contributed by atoms with E-state index in [1.165, 1.54) is 25.3 Å². The first-order valence-corrected chi connectivity index (χ1v) is 8.33. The normalized spacial score (nSPS) is 10.9. The molecule has 0 radical (unpaired) electrons. The first kappa shape index (κ1) is 20.7. The second-order valence-corrected chi connectivity index (χ2v) is 5.87. The average Bonchev–Trinajstić information content (AvgIpc) is 2.94. The zero-order chi connectivity index (χ0) is 21.0. The Morgan fingerprint density at radius 1 is 1.29 bits per heavy atom. The maximum absolute atomic E-state index is 12.5. The first-order chi connectivity index (χ1) is 13.2. The number of aromatic amines is 1. The third kappa shape index (κ3) is 4.03. The lowest BCUT2D eigenvalue weighted by molar-refractivity contribution is -0.398. The van der Waals surface area contributed by atoms with Gasteiger partial charge in [0.15, 0.2) is 0 Å². The zero-order valence-electron chi connectivity index (χ0n) is 15.8. The number of nitro benzene ring substituents is 1. The number of carbonyl (C=O) groups excluding carboxylic acids is 2. The fourth-order valence-corrected chi connectivity index (χ4v) is 2.75. The molecule has 0 fully saturated rings. The van der Waals surface area contributed by atoms with Crippen LogP contribution >= 0.6 is 0 Å². The molecule has 0 aliphatic heterocycles. The molecular weight excluding hydrogens is 368 g/mol. The van der Waals surface area contributed by atoms with Crippen molar-refractivity contribution in [2.75, 3.05) is 13.7 Å². The number of ether oxygens (including phenoxy) is 2. The maximum Gasteiger partial charge on any atom is 0.340 e. The molecular formula is C19H19N2O7-. The van der Waals surface area contributed by atoms with Gasteiger partial charge in [0.05, 0.1) is 29.9 Å². The van der Waals surface area contributed by atoms with Crippen molar-refractivity contribution in [1.29, 1.82) is 0 Å². The predicted molar refractivity (Wildman–Crippen MR) is 98.7 cm³/mol. The van der Waals surface area contributed by atoms with E-state index in [1.54, 1.807) is 20.8 Å². The Morgan fingerprint density at radius 3 is 2.54 bits per heavy atom. The second kappa shape index (κ2) is 8.38. The highest BCUT2D eigenvalue weighted by atomic mass is 16.6. The van der Waals surface area contributed by atoms with Crippen LogP contribution in [-0.4, -0.2) is 35.4 Å². The van der Waals surface area contributed by atoms with Crippen LogP contribution in [0.4, 0.5) is 5.69 Å². The van der Waals surface area contributed by atoms with Gasteiger partial charge in [0.2, 0.25) is 5.78 Å². The van der Waals surface area contributed by atoms with Crippen molar-refractivity contribution < 1.29 is 29.1 Å². The minimum atomic E-state index is -0.842. The molecule has 2 rings (SSSR count). The summed E-state index contributed by atoms with van der Waals surface area (Å²) < 4.78 is 9.85. The van der Waals surface area contributed by atoms with Crippen LogP contribution in [0.3, 0.4) is 0 Å². The van der Waals surface area contributed by atoms with Gasteiger partial charge in [0.25, 0.3) is 5.69 Å². The highest BCUT2D eigenvalue weighted by Gasteiger charge is 2.21. The van der Waals surface area contributed by atoms with Crippen LogP contribution in [0.2, 0.25) is 0 Å². The number of nitrogens with zero attached hydrogens (tertiary/aromatic N) is 1. The zero-order valence-corrected chi connectivity index (χ0v) is 15.8. The number of esters is 1. The fraction of sp³-hybridized carbons (Fsp3) is 0.263. The minimum absolute atomic E-state index is 0.196. The van der Waals surface area contributed by atoms with Gasteiger partial charge in [0, 0.05) is 17.5 Å². The van der Waals surface area contributed by atoms with Gasteiger partial charge < -0.3 is 19.6 Å². The first-order valence-electron chi connectivity index (χ1n) is 8.33. The predicted octanol–water partition coefficient (Wildman–Crippen LogP) is 2.69. The van der Waals surface area contributed by atoms with Crippen LogP contribution < -0.4 is 9.84 Å². The standard InChI is InChI=1S/C19H20N2O7/c1-5-28-19(24)16-10(2)17(20-11(16)3)14(22)7-6-12-8-13(21(25)26)18(23)15(9-12)27-4/h6-9,20,23H,5H2,1-4H3/p-1/b7-6+. The summed E-state index contributed by atoms with van der Waals surface area (Å²) in [7, 11) is 1.22. The monoisotopic (exact) mass is 387 g/mol. The number of H-pyrrole nitrogens is 1. The van der Waals surface area contributed by atoms with Crippen molar-refractivity contribution >= 4 is 23.5 Å². The molecule has 0 saturated carbocycles. The van der Waals surface area contributed by atoms with E-state index in [0.717, 1.165) is 6.07 Å². The summed E-state index contributed by atoms with van der Waals surface area (Å²) >= 11 is 0. The molecule has 1 aromatic carbocycles. The molecule has 0 bridgehead atoms. The van der Waals surface area contributed by atoms with Gasteiger partial charge in [-0.25, -0.2) is 4.79 Å². The topological polar surface area (TPSA) is 135 Å². The maximum atomic E-state index is 12.5. The van der Waals surface area contributed by atoms with Crippen LogP contribution in [-0.2, 0) is 4.74 Å².